The number of hydrogen-bond acceptors (Lipinski definition) is 5. The molecule has 0 unspecified atom stereocenters. The van der Waals surface area contributed by atoms with Gasteiger partial charge in [0.15, 0.2) is 0 Å². The van der Waals surface area contributed by atoms with Gasteiger partial charge in [-0.05, 0) is 11.6 Å². The van der Waals surface area contributed by atoms with Crippen LogP contribution in [0.15, 0.2) is 53.6 Å². The van der Waals surface area contributed by atoms with E-state index in [4.69, 9.17) is 0 Å². The number of aromatic nitrogens is 5. The molecule has 0 spiro atoms. The summed E-state index contributed by atoms with van der Waals surface area (Å²) in [5.74, 6) is 1.72. The Labute approximate surface area is 156 Å². The molecule has 27 heavy (non-hydrogen) atoms. The zero-order valence-corrected chi connectivity index (χ0v) is 14.9. The predicted molar refractivity (Wildman–Crippen MR) is 98.1 cm³/mol. The number of nitrogens with zero attached hydrogens (tertiary/aromatic N) is 6. The van der Waals surface area contributed by atoms with Crippen LogP contribution in [0.2, 0.25) is 0 Å². The fourth-order valence-corrected chi connectivity index (χ4v) is 3.29. The molecule has 138 valence electrons. The fraction of sp³-hybridized carbons (Fsp3) is 0.316. The van der Waals surface area contributed by atoms with E-state index in [1.807, 2.05) is 18.2 Å². The number of fused-ring (bicyclic) bond motifs is 1. The molecule has 0 fully saturated rings. The van der Waals surface area contributed by atoms with Crippen molar-refractivity contribution in [2.24, 2.45) is 0 Å². The average molecular weight is 364 g/mol. The van der Waals surface area contributed by atoms with E-state index >= 15 is 0 Å². The van der Waals surface area contributed by atoms with Crippen LogP contribution in [0.25, 0.3) is 0 Å². The van der Waals surface area contributed by atoms with Gasteiger partial charge in [0.25, 0.3) is 0 Å². The van der Waals surface area contributed by atoms with Crippen LogP contribution in [0, 0.1) is 0 Å². The molecule has 0 atom stereocenters. The molecule has 0 aliphatic carbocycles. The Morgan fingerprint density at radius 1 is 1.04 bits per heavy atom. The first-order valence-electron chi connectivity index (χ1n) is 8.95. The van der Waals surface area contributed by atoms with Crippen LogP contribution in [-0.2, 0) is 30.7 Å². The number of rotatable bonds is 4. The lowest BCUT2D eigenvalue weighted by Gasteiger charge is -2.20. The molecule has 0 N–H and O–H groups in total. The molecule has 3 heterocycles. The number of hydrogen-bond donors (Lipinski definition) is 0. The molecule has 1 amide bonds. The lowest BCUT2D eigenvalue weighted by Crippen LogP contribution is -2.38. The molecule has 1 aromatic carbocycles. The van der Waals surface area contributed by atoms with Crippen molar-refractivity contribution >= 4 is 5.91 Å². The van der Waals surface area contributed by atoms with Crippen molar-refractivity contribution in [2.75, 3.05) is 13.1 Å². The number of carbonyl (C=O) groups is 1. The van der Waals surface area contributed by atoms with Crippen molar-refractivity contribution in [1.82, 2.24) is 29.2 Å². The van der Waals surface area contributed by atoms with Gasteiger partial charge in [0.1, 0.15) is 18.2 Å². The van der Waals surface area contributed by atoms with Crippen LogP contribution in [0.4, 0.5) is 0 Å². The molecular weight excluding hydrogens is 344 g/mol. The monoisotopic (exact) mass is 364 g/mol. The van der Waals surface area contributed by atoms with Gasteiger partial charge in [-0.15, -0.1) is 10.2 Å². The van der Waals surface area contributed by atoms with Crippen molar-refractivity contribution in [2.45, 2.75) is 25.9 Å². The second-order valence-corrected chi connectivity index (χ2v) is 6.51. The summed E-state index contributed by atoms with van der Waals surface area (Å²) in [7, 11) is 0. The van der Waals surface area contributed by atoms with Gasteiger partial charge < -0.3 is 9.47 Å². The molecule has 0 saturated carbocycles. The molecule has 8 nitrogen and oxygen atoms in total. The van der Waals surface area contributed by atoms with Gasteiger partial charge in [0.2, 0.25) is 5.91 Å². The Balaban J connectivity index is 1.45. The second kappa shape index (κ2) is 7.53. The highest BCUT2D eigenvalue weighted by molar-refractivity contribution is 5.76. The highest BCUT2D eigenvalue weighted by Gasteiger charge is 2.22. The topological polar surface area (TPSA) is 85.9 Å². The summed E-state index contributed by atoms with van der Waals surface area (Å²) in [6.07, 6.45) is 4.37. The zero-order valence-electron chi connectivity index (χ0n) is 14.9. The first kappa shape index (κ1) is 17.1. The normalized spacial score (nSPS) is 13.9. The fourth-order valence-electron chi connectivity index (χ4n) is 3.29. The van der Waals surface area contributed by atoms with Crippen molar-refractivity contribution in [1.29, 1.82) is 0 Å². The summed E-state index contributed by atoms with van der Waals surface area (Å²) < 4.78 is 3.44. The van der Waals surface area contributed by atoms with Crippen molar-refractivity contribution < 1.29 is 4.79 Å². The van der Waals surface area contributed by atoms with Gasteiger partial charge in [-0.2, -0.15) is 0 Å². The minimum absolute atomic E-state index is 0.00408. The van der Waals surface area contributed by atoms with Gasteiger partial charge in [0.05, 0.1) is 0 Å². The third kappa shape index (κ3) is 3.79. The summed E-state index contributed by atoms with van der Waals surface area (Å²) in [5, 5.41) is 8.65. The van der Waals surface area contributed by atoms with E-state index in [2.05, 4.69) is 31.9 Å². The largest absolute Gasteiger partial charge is 0.347 e. The minimum Gasteiger partial charge on any atom is -0.339 e. The maximum Gasteiger partial charge on any atom is 0.347 e. The van der Waals surface area contributed by atoms with Gasteiger partial charge in [-0.25, -0.2) is 9.78 Å². The van der Waals surface area contributed by atoms with Crippen molar-refractivity contribution in [3.05, 3.63) is 76.5 Å². The van der Waals surface area contributed by atoms with Crippen LogP contribution in [-0.4, -0.2) is 48.2 Å². The Hall–Kier alpha value is -3.29. The van der Waals surface area contributed by atoms with E-state index in [9.17, 15) is 9.59 Å². The van der Waals surface area contributed by atoms with E-state index in [0.29, 0.717) is 32.5 Å². The smallest absolute Gasteiger partial charge is 0.339 e. The van der Waals surface area contributed by atoms with Crippen molar-refractivity contribution in [3.63, 3.8) is 0 Å². The summed E-state index contributed by atoms with van der Waals surface area (Å²) in [6.45, 7) is 1.79. The summed E-state index contributed by atoms with van der Waals surface area (Å²) >= 11 is 0. The molecule has 8 heteroatoms. The number of carbonyl (C=O) groups excluding carboxylic acids is 1. The number of benzene rings is 1. The van der Waals surface area contributed by atoms with Crippen LogP contribution in [0.5, 0.6) is 0 Å². The molecule has 1 aliphatic rings. The van der Waals surface area contributed by atoms with E-state index in [-0.39, 0.29) is 12.5 Å². The van der Waals surface area contributed by atoms with E-state index in [1.165, 1.54) is 16.3 Å². The quantitative estimate of drug-likeness (QED) is 0.673. The van der Waals surface area contributed by atoms with Crippen LogP contribution < -0.4 is 5.69 Å². The zero-order chi connectivity index (χ0) is 18.6. The Morgan fingerprint density at radius 3 is 2.70 bits per heavy atom. The van der Waals surface area contributed by atoms with Crippen molar-refractivity contribution in [3.8, 4) is 0 Å². The van der Waals surface area contributed by atoms with Gasteiger partial charge >= 0.3 is 5.69 Å². The van der Waals surface area contributed by atoms with Crippen LogP contribution >= 0.6 is 0 Å². The lowest BCUT2D eigenvalue weighted by molar-refractivity contribution is -0.131. The SMILES string of the molecule is O=C(Cn1cccnc1=O)N1CCc2nnc(Cc3ccccc3)n2CC1. The third-order valence-corrected chi connectivity index (χ3v) is 4.75. The molecule has 4 rings (SSSR count). The maximum atomic E-state index is 12.6. The molecule has 0 bridgehead atoms. The summed E-state index contributed by atoms with van der Waals surface area (Å²) in [5.41, 5.74) is 0.767. The minimum atomic E-state index is -0.414. The highest BCUT2D eigenvalue weighted by Crippen LogP contribution is 2.13. The average Bonchev–Trinajstić information content (AvgIpc) is 2.93. The molecule has 2 aromatic heterocycles. The summed E-state index contributed by atoms with van der Waals surface area (Å²) in [6, 6.07) is 11.8. The molecular formula is C19H20N6O2. The first-order valence-corrected chi connectivity index (χ1v) is 8.95. The van der Waals surface area contributed by atoms with Gasteiger partial charge in [0, 0.05) is 44.9 Å². The predicted octanol–water partition coefficient (Wildman–Crippen LogP) is 0.510. The summed E-state index contributed by atoms with van der Waals surface area (Å²) in [4.78, 5) is 29.8. The van der Waals surface area contributed by atoms with Crippen LogP contribution in [0.1, 0.15) is 17.2 Å². The lowest BCUT2D eigenvalue weighted by atomic mass is 10.1. The van der Waals surface area contributed by atoms with E-state index in [1.54, 1.807) is 17.2 Å². The standard InChI is InChI=1S/C19H20N6O2/c26-18(14-24-9-4-8-20-19(24)27)23-10-7-16-21-22-17(25(16)12-11-23)13-15-5-2-1-3-6-15/h1-6,8-9H,7,10-14H2. The maximum absolute atomic E-state index is 12.6. The number of amides is 1. The molecule has 3 aromatic rings. The van der Waals surface area contributed by atoms with Gasteiger partial charge in [-0.1, -0.05) is 30.3 Å². The first-order chi connectivity index (χ1) is 13.2. The van der Waals surface area contributed by atoms with E-state index < -0.39 is 5.69 Å². The van der Waals surface area contributed by atoms with E-state index in [0.717, 1.165) is 11.6 Å². The van der Waals surface area contributed by atoms with Crippen LogP contribution in [0.3, 0.4) is 0 Å². The third-order valence-electron chi connectivity index (χ3n) is 4.75. The Bertz CT molecular complexity index is 995. The molecule has 1 aliphatic heterocycles. The second-order valence-electron chi connectivity index (χ2n) is 6.51. The molecule has 0 radical (unpaired) electrons. The highest BCUT2D eigenvalue weighted by atomic mass is 16.2. The van der Waals surface area contributed by atoms with Gasteiger partial charge in [-0.3, -0.25) is 9.36 Å². The Morgan fingerprint density at radius 2 is 1.89 bits per heavy atom. The Kier molecular flexibility index (Phi) is 4.78. The molecule has 0 saturated heterocycles.